The van der Waals surface area contributed by atoms with Crippen LogP contribution in [0.5, 0.6) is 0 Å². The lowest BCUT2D eigenvalue weighted by molar-refractivity contribution is -0.163. The first-order valence-electron chi connectivity index (χ1n) is 40.6. The normalized spacial score (nSPS) is 15.0. The summed E-state index contributed by atoms with van der Waals surface area (Å²) in [6.45, 7) is 15.3. The van der Waals surface area contributed by atoms with Crippen molar-refractivity contribution < 1.29 is 162 Å². The number of aliphatic hydroxyl groups excluding tert-OH is 1. The van der Waals surface area contributed by atoms with Crippen molar-refractivity contribution in [3.8, 4) is 0 Å². The molecular weight excluding hydrogens is 1730 g/mol. The fourth-order valence-electron chi connectivity index (χ4n) is 7.30. The van der Waals surface area contributed by atoms with Gasteiger partial charge in [0.1, 0.15) is 90.7 Å². The summed E-state index contributed by atoms with van der Waals surface area (Å²) >= 11 is 3.65. The molecule has 1 aliphatic heterocycles. The maximum Gasteiger partial charge on any atom is 0.330 e. The van der Waals surface area contributed by atoms with Crippen LogP contribution in [0.2, 0.25) is 0 Å². The lowest BCUT2D eigenvalue weighted by atomic mass is 10.0. The van der Waals surface area contributed by atoms with Gasteiger partial charge in [0, 0.05) is 18.6 Å². The summed E-state index contributed by atoms with van der Waals surface area (Å²) in [5.74, 6) is -15.3. The van der Waals surface area contributed by atoms with E-state index < -0.39 is 193 Å². The Labute approximate surface area is 750 Å². The molecule has 1 rings (SSSR count). The molecule has 756 valence electrons. The summed E-state index contributed by atoms with van der Waals surface area (Å²) in [7, 11) is 0. The number of hydrogen-bond acceptors (Lipinski definition) is 42. The van der Waals surface area contributed by atoms with Crippen LogP contribution in [0.4, 0.5) is 0 Å². The van der Waals surface area contributed by atoms with Crippen LogP contribution in [0.15, 0.2) is 0 Å². The SMILES string of the molecule is CC(C)[C@H](N)C(=O)O.CC[C@H](C)[C@H](N)C(=O)O.CC[C@H](C)[C@H](N)C(=O)O.C[C@@H](OC(=O)CN)[C@H](N)C(=O)O.NCCCC[C@H](N)C(=O)O.NCCCC[C@H](N)C(=O)O.NCCCC[C@H](N)C(=O)OC(=O)[C@@H](N)CCCCN.NCCCC[C@H](N)C(=O)OC(=O)[C@@H]1CCCN1.N[C@@H](CCC(=O)O)C(=O)O.N[C@@H](CCC(=O)O)C(=O)O.N[C@@H](CO)C(=O)O.N[C@@H](CS)C(=O)O. The van der Waals surface area contributed by atoms with E-state index in [0.717, 1.165) is 90.0 Å². The third-order valence-corrected chi connectivity index (χ3v) is 16.9. The maximum absolute atomic E-state index is 11.5. The first-order valence-corrected chi connectivity index (χ1v) is 41.2. The van der Waals surface area contributed by atoms with Crippen molar-refractivity contribution in [1.29, 1.82) is 0 Å². The summed E-state index contributed by atoms with van der Waals surface area (Å²) < 4.78 is 13.9. The molecule has 0 bridgehead atoms. The van der Waals surface area contributed by atoms with Crippen LogP contribution in [0.1, 0.15) is 196 Å². The Bertz CT molecular complexity index is 2890. The first-order chi connectivity index (χ1) is 59.2. The molecule has 0 aromatic heterocycles. The van der Waals surface area contributed by atoms with E-state index in [-0.39, 0.29) is 61.8 Å². The molecule has 0 radical (unpaired) electrons. The van der Waals surface area contributed by atoms with Gasteiger partial charge in [-0.1, -0.05) is 86.5 Å². The van der Waals surface area contributed by atoms with E-state index in [9.17, 15) is 81.5 Å². The highest BCUT2D eigenvalue weighted by molar-refractivity contribution is 7.80. The lowest BCUT2D eigenvalue weighted by Crippen LogP contribution is -2.43. The van der Waals surface area contributed by atoms with Gasteiger partial charge in [0.15, 0.2) is 0 Å². The molecule has 17 atom stereocenters. The van der Waals surface area contributed by atoms with Crippen molar-refractivity contribution in [2.45, 2.75) is 287 Å². The Kier molecular flexibility index (Phi) is 103. The van der Waals surface area contributed by atoms with Crippen molar-refractivity contribution in [3.05, 3.63) is 0 Å². The summed E-state index contributed by atoms with van der Waals surface area (Å²) in [6, 6.07) is -11.5. The van der Waals surface area contributed by atoms with Gasteiger partial charge in [-0.3, -0.25) is 62.3 Å². The van der Waals surface area contributed by atoms with Crippen molar-refractivity contribution in [1.82, 2.24) is 5.32 Å². The number of carbonyl (C=O) groups excluding carboxylic acids is 5. The fourth-order valence-corrected chi connectivity index (χ4v) is 7.45. The third-order valence-electron chi connectivity index (χ3n) is 16.5. The number of hydrogen-bond donors (Lipinski definition) is 34. The highest BCUT2D eigenvalue weighted by Crippen LogP contribution is 2.11. The second-order valence-corrected chi connectivity index (χ2v) is 28.5. The van der Waals surface area contributed by atoms with Crippen molar-refractivity contribution >= 4 is 114 Å². The van der Waals surface area contributed by atoms with Gasteiger partial charge in [-0.2, -0.15) is 12.6 Å². The molecule has 54 heteroatoms. The zero-order valence-electron chi connectivity index (χ0n) is 74.4. The third kappa shape index (κ3) is 97.5. The topological polar surface area (TPSA) is 1090 Å². The van der Waals surface area contributed by atoms with Crippen LogP contribution < -0.4 is 114 Å². The molecule has 0 aromatic rings. The summed E-state index contributed by atoms with van der Waals surface area (Å²) in [6.07, 6.45) is 12.3. The molecule has 0 amide bonds. The molecule has 0 spiro atoms. The van der Waals surface area contributed by atoms with Crippen LogP contribution in [0.3, 0.4) is 0 Å². The molecule has 1 fully saturated rings. The Morgan fingerprint density at radius 1 is 0.352 bits per heavy atom. The van der Waals surface area contributed by atoms with Crippen LogP contribution in [-0.4, -0.2) is 317 Å². The largest absolute Gasteiger partial charge is 0.481 e. The number of unbranched alkanes of at least 4 members (excludes halogenated alkanes) is 5. The molecule has 52 N–H and O–H groups in total. The molecule has 0 aliphatic carbocycles. The Balaban J connectivity index is -0.000000131. The number of carboxylic acids is 12. The number of rotatable bonds is 50. The van der Waals surface area contributed by atoms with Gasteiger partial charge >= 0.3 is 101 Å². The predicted molar refractivity (Wildman–Crippen MR) is 471 cm³/mol. The standard InChI is InChI=1S/C12H26N4O3.C11H21N3O3.C6H12N2O4.2C6H14N2O2.2C6H13NO2.2C5H9NO4.C5H11NO2.C3H7NO3.C3H7NO2S/c13-7-3-1-5-9(15)11(17)19-12(18)10(16)6-2-4-8-14;12-6-2-1-4-8(13)10(15)17-11(16)9-5-3-7-14-9;1-3(5(8)6(10)11)12-4(9)2-7;2*7-4-2-1-3-5(8)6(9)10;2*1-3-4(2)5(7)6(8)9;2*6-3(5(9)10)1-2-4(7)8;1-3(2)4(6)5(7)8;4-2(1-5)3(6)7;4-2(1-7)3(5)6/h9-10H,1-8,13-16H2;8-9,14H,1-7,12-13H2;3,5H,2,7-8H2,1H3,(H,10,11);2*5H,1-4,7-8H2,(H,9,10);2*4-5H,3,7H2,1-2H3,(H,8,9);2*3H,1-2,6H2,(H,7,8)(H,9,10);3-4H,6H2,1-2H3,(H,7,8);2,5H,1,4H2,(H,6,7);2,7H,1,4H2,(H,5,6)/t9-,10-;8-,9-;3-,5+;2*5-;2*4-,5-;2*3-;4-;2*2-/m001000000000/s1. The number of ether oxygens (including phenoxy) is 3. The average Bonchev–Trinajstić information content (AvgIpc) is 1.72. The molecule has 128 heavy (non-hydrogen) atoms. The zero-order chi connectivity index (χ0) is 103. The fraction of sp³-hybridized carbons (Fsp3) is 0.770. The molecule has 53 nitrogen and oxygen atoms in total. The molecule has 1 saturated heterocycles. The summed E-state index contributed by atoms with van der Waals surface area (Å²) in [5.41, 5.74) is 99.2. The quantitative estimate of drug-likeness (QED) is 0.00885. The zero-order valence-corrected chi connectivity index (χ0v) is 75.3. The Hall–Kier alpha value is -9.10. The predicted octanol–water partition coefficient (Wildman–Crippen LogP) is -7.24. The number of aliphatic hydroxyl groups is 1. The average molecular weight is 1890 g/mol. The van der Waals surface area contributed by atoms with E-state index in [1.165, 1.54) is 6.92 Å². The van der Waals surface area contributed by atoms with Gasteiger partial charge in [-0.05, 0) is 154 Å². The van der Waals surface area contributed by atoms with Gasteiger partial charge in [-0.25, -0.2) is 19.2 Å². The molecule has 0 aromatic carbocycles. The van der Waals surface area contributed by atoms with Crippen molar-refractivity contribution in [2.24, 2.45) is 127 Å². The van der Waals surface area contributed by atoms with Gasteiger partial charge in [0.25, 0.3) is 0 Å². The molecule has 1 heterocycles. The first kappa shape index (κ1) is 142. The van der Waals surface area contributed by atoms with Crippen LogP contribution in [-0.2, 0) is 95.7 Å². The second kappa shape index (κ2) is 92.6. The Morgan fingerprint density at radius 2 is 0.617 bits per heavy atom. The van der Waals surface area contributed by atoms with Gasteiger partial charge in [0.05, 0.1) is 13.2 Å². The van der Waals surface area contributed by atoms with E-state index in [0.29, 0.717) is 71.2 Å². The molecule has 0 unspecified atom stereocenters. The van der Waals surface area contributed by atoms with Crippen molar-refractivity contribution in [2.75, 3.05) is 58.2 Å². The lowest BCUT2D eigenvalue weighted by Gasteiger charge is -2.15. The van der Waals surface area contributed by atoms with Crippen molar-refractivity contribution in [3.63, 3.8) is 0 Å². The van der Waals surface area contributed by atoms with Crippen LogP contribution in [0.25, 0.3) is 0 Å². The van der Waals surface area contributed by atoms with E-state index >= 15 is 0 Å². The highest BCUT2D eigenvalue weighted by atomic mass is 32.1. The van der Waals surface area contributed by atoms with E-state index in [4.69, 9.17) is 180 Å². The highest BCUT2D eigenvalue weighted by Gasteiger charge is 2.29. The minimum Gasteiger partial charge on any atom is -0.481 e. The van der Waals surface area contributed by atoms with Crippen LogP contribution >= 0.6 is 12.6 Å². The minimum absolute atomic E-state index is 0.0208. The number of carbonyl (C=O) groups is 17. The minimum atomic E-state index is -1.22. The number of esters is 5. The van der Waals surface area contributed by atoms with Gasteiger partial charge < -0.3 is 195 Å². The number of carboxylic acid groups (broad SMARTS) is 12. The van der Waals surface area contributed by atoms with E-state index in [1.54, 1.807) is 13.8 Å². The van der Waals surface area contributed by atoms with E-state index in [2.05, 4.69) is 27.4 Å². The second-order valence-electron chi connectivity index (χ2n) is 28.1. The maximum atomic E-state index is 11.5. The van der Waals surface area contributed by atoms with E-state index in [1.807, 2.05) is 27.7 Å². The monoisotopic (exact) mass is 1890 g/mol. The molecular formula is C74H156N20O33S. The summed E-state index contributed by atoms with van der Waals surface area (Å²) in [4.78, 5) is 177. The molecule has 0 saturated carbocycles. The molecule has 1 aliphatic rings. The van der Waals surface area contributed by atoms with Crippen LogP contribution in [0, 0.1) is 17.8 Å². The number of nitrogens with one attached hydrogen (secondary N) is 1. The smallest absolute Gasteiger partial charge is 0.330 e. The number of thiol groups is 1. The Morgan fingerprint density at radius 3 is 0.789 bits per heavy atom. The number of aliphatic carboxylic acids is 12. The van der Waals surface area contributed by atoms with Gasteiger partial charge in [0.2, 0.25) is 0 Å². The number of nitrogens with two attached hydrogens (primary N) is 19. The van der Waals surface area contributed by atoms with Gasteiger partial charge in [-0.15, -0.1) is 0 Å². The summed E-state index contributed by atoms with van der Waals surface area (Å²) in [5, 5.41) is 109.